The molecule has 76 valence electrons. The summed E-state index contributed by atoms with van der Waals surface area (Å²) in [5.74, 6) is -3.34. The third-order valence-corrected chi connectivity index (χ3v) is 2.38. The molecule has 0 amide bonds. The molecule has 4 heteroatoms. The summed E-state index contributed by atoms with van der Waals surface area (Å²) in [7, 11) is 1.40. The second-order valence-electron chi connectivity index (χ2n) is 3.55. The fourth-order valence-corrected chi connectivity index (χ4v) is 1.71. The van der Waals surface area contributed by atoms with E-state index in [-0.39, 0.29) is 25.2 Å². The molecule has 0 radical (unpaired) electrons. The molecule has 1 fully saturated rings. The molecule has 0 aromatic rings. The Kier molecular flexibility index (Phi) is 3.36. The summed E-state index contributed by atoms with van der Waals surface area (Å²) in [5.41, 5.74) is 0. The van der Waals surface area contributed by atoms with Crippen LogP contribution in [0.2, 0.25) is 0 Å². The van der Waals surface area contributed by atoms with E-state index in [0.717, 1.165) is 0 Å². The fourth-order valence-electron chi connectivity index (χ4n) is 1.71. The first-order chi connectivity index (χ1) is 6.05. The molecule has 0 spiro atoms. The predicted molar refractivity (Wildman–Crippen MR) is 43.8 cm³/mol. The number of methoxy groups -OCH3 is 1. The molecule has 1 atom stereocenters. The molecule has 1 rings (SSSR count). The minimum absolute atomic E-state index is 0.0409. The molecule has 0 aromatic heterocycles. The number of alkyl halides is 2. The fraction of sp³-hybridized carbons (Fsp3) is 0.889. The molecule has 0 saturated heterocycles. The van der Waals surface area contributed by atoms with E-state index in [9.17, 15) is 13.6 Å². The van der Waals surface area contributed by atoms with Gasteiger partial charge in [0.1, 0.15) is 6.61 Å². The summed E-state index contributed by atoms with van der Waals surface area (Å²) >= 11 is 0. The smallest absolute Gasteiger partial charge is 0.248 e. The third-order valence-electron chi connectivity index (χ3n) is 2.38. The van der Waals surface area contributed by atoms with E-state index in [1.165, 1.54) is 7.11 Å². The van der Waals surface area contributed by atoms with Crippen molar-refractivity contribution in [3.05, 3.63) is 0 Å². The zero-order valence-electron chi connectivity index (χ0n) is 7.69. The third kappa shape index (κ3) is 3.03. The van der Waals surface area contributed by atoms with Crippen molar-refractivity contribution in [3.8, 4) is 0 Å². The first-order valence-corrected chi connectivity index (χ1v) is 4.44. The number of hydrogen-bond donors (Lipinski definition) is 0. The average molecular weight is 192 g/mol. The van der Waals surface area contributed by atoms with Crippen LogP contribution in [-0.2, 0) is 9.53 Å². The van der Waals surface area contributed by atoms with Gasteiger partial charge in [-0.1, -0.05) is 0 Å². The van der Waals surface area contributed by atoms with Gasteiger partial charge in [-0.3, -0.25) is 4.79 Å². The molecule has 1 aliphatic rings. The van der Waals surface area contributed by atoms with Crippen molar-refractivity contribution in [1.29, 1.82) is 0 Å². The molecule has 0 aromatic carbocycles. The van der Waals surface area contributed by atoms with Crippen LogP contribution in [0.25, 0.3) is 0 Å². The van der Waals surface area contributed by atoms with Gasteiger partial charge < -0.3 is 4.74 Å². The van der Waals surface area contributed by atoms with Gasteiger partial charge in [-0.15, -0.1) is 0 Å². The van der Waals surface area contributed by atoms with Crippen LogP contribution in [-0.4, -0.2) is 25.4 Å². The summed E-state index contributed by atoms with van der Waals surface area (Å²) in [4.78, 5) is 11.2. The first-order valence-electron chi connectivity index (χ1n) is 4.44. The van der Waals surface area contributed by atoms with Crippen molar-refractivity contribution < 1.29 is 18.3 Å². The van der Waals surface area contributed by atoms with Crippen LogP contribution in [0, 0.1) is 5.92 Å². The molecule has 0 N–H and O–H groups in total. The molecule has 0 bridgehead atoms. The zero-order valence-corrected chi connectivity index (χ0v) is 7.69. The molecule has 1 unspecified atom stereocenters. The van der Waals surface area contributed by atoms with Crippen molar-refractivity contribution in [2.24, 2.45) is 5.92 Å². The number of rotatable bonds is 3. The highest BCUT2D eigenvalue weighted by Crippen LogP contribution is 2.36. The van der Waals surface area contributed by atoms with Gasteiger partial charge in [0, 0.05) is 25.9 Å². The van der Waals surface area contributed by atoms with Crippen molar-refractivity contribution in [3.63, 3.8) is 0 Å². The van der Waals surface area contributed by atoms with Gasteiger partial charge in [-0.2, -0.15) is 0 Å². The highest BCUT2D eigenvalue weighted by molar-refractivity contribution is 5.82. The minimum Gasteiger partial charge on any atom is -0.377 e. The normalized spacial score (nSPS) is 27.2. The Morgan fingerprint density at radius 1 is 1.62 bits per heavy atom. The second kappa shape index (κ2) is 4.13. The standard InChI is InChI=1S/C9H14F2O2/c1-13-6-8(12)7-3-2-4-9(10,11)5-7/h7H,2-6H2,1H3. The van der Waals surface area contributed by atoms with E-state index < -0.39 is 11.8 Å². The zero-order chi connectivity index (χ0) is 9.90. The van der Waals surface area contributed by atoms with Crippen LogP contribution in [0.3, 0.4) is 0 Å². The summed E-state index contributed by atoms with van der Waals surface area (Å²) in [6, 6.07) is 0. The van der Waals surface area contributed by atoms with Crippen LogP contribution in [0.4, 0.5) is 8.78 Å². The predicted octanol–water partition coefficient (Wildman–Crippen LogP) is 2.03. The SMILES string of the molecule is COCC(=O)C1CCCC(F)(F)C1. The van der Waals surface area contributed by atoms with Gasteiger partial charge in [-0.25, -0.2) is 8.78 Å². The maximum absolute atomic E-state index is 12.9. The number of hydrogen-bond acceptors (Lipinski definition) is 2. The summed E-state index contributed by atoms with van der Waals surface area (Å²) in [6.07, 6.45) is 0.643. The lowest BCUT2D eigenvalue weighted by molar-refractivity contribution is -0.133. The van der Waals surface area contributed by atoms with E-state index in [0.29, 0.717) is 12.8 Å². The maximum Gasteiger partial charge on any atom is 0.248 e. The first kappa shape index (κ1) is 10.6. The topological polar surface area (TPSA) is 26.3 Å². The molecular weight excluding hydrogens is 178 g/mol. The molecule has 13 heavy (non-hydrogen) atoms. The van der Waals surface area contributed by atoms with Crippen LogP contribution in [0.5, 0.6) is 0 Å². The van der Waals surface area contributed by atoms with Gasteiger partial charge in [0.05, 0.1) is 0 Å². The number of ether oxygens (including phenoxy) is 1. The number of halogens is 2. The quantitative estimate of drug-likeness (QED) is 0.683. The molecule has 0 aliphatic heterocycles. The lowest BCUT2D eigenvalue weighted by Crippen LogP contribution is -2.32. The molecule has 1 aliphatic carbocycles. The van der Waals surface area contributed by atoms with Crippen LogP contribution < -0.4 is 0 Å². The second-order valence-corrected chi connectivity index (χ2v) is 3.55. The van der Waals surface area contributed by atoms with Gasteiger partial charge in [0.25, 0.3) is 0 Å². The van der Waals surface area contributed by atoms with Gasteiger partial charge in [0.2, 0.25) is 5.92 Å². The largest absolute Gasteiger partial charge is 0.377 e. The highest BCUT2D eigenvalue weighted by atomic mass is 19.3. The summed E-state index contributed by atoms with van der Waals surface area (Å²) < 4.78 is 30.4. The van der Waals surface area contributed by atoms with E-state index in [4.69, 9.17) is 0 Å². The van der Waals surface area contributed by atoms with Crippen molar-refractivity contribution >= 4 is 5.78 Å². The molecular formula is C9H14F2O2. The van der Waals surface area contributed by atoms with Gasteiger partial charge in [-0.05, 0) is 12.8 Å². The monoisotopic (exact) mass is 192 g/mol. The summed E-state index contributed by atoms with van der Waals surface area (Å²) in [6.45, 7) is -0.0409. The number of carbonyl (C=O) groups is 1. The van der Waals surface area contributed by atoms with E-state index >= 15 is 0 Å². The molecule has 0 heterocycles. The summed E-state index contributed by atoms with van der Waals surface area (Å²) in [5, 5.41) is 0. The van der Waals surface area contributed by atoms with Crippen LogP contribution in [0.1, 0.15) is 25.7 Å². The van der Waals surface area contributed by atoms with E-state index in [1.54, 1.807) is 0 Å². The Morgan fingerprint density at radius 3 is 2.85 bits per heavy atom. The van der Waals surface area contributed by atoms with E-state index in [1.807, 2.05) is 0 Å². The lowest BCUT2D eigenvalue weighted by atomic mass is 9.84. The molecule has 1 saturated carbocycles. The Bertz CT molecular complexity index is 192. The van der Waals surface area contributed by atoms with Crippen LogP contribution >= 0.6 is 0 Å². The van der Waals surface area contributed by atoms with Gasteiger partial charge in [0.15, 0.2) is 5.78 Å². The minimum atomic E-state index is -2.65. The Labute approximate surface area is 76.3 Å². The Hall–Kier alpha value is -0.510. The Balaban J connectivity index is 2.47. The van der Waals surface area contributed by atoms with Crippen molar-refractivity contribution in [1.82, 2.24) is 0 Å². The van der Waals surface area contributed by atoms with Gasteiger partial charge >= 0.3 is 0 Å². The average Bonchev–Trinajstić information content (AvgIpc) is 2.03. The van der Waals surface area contributed by atoms with Crippen molar-refractivity contribution in [2.45, 2.75) is 31.6 Å². The van der Waals surface area contributed by atoms with Crippen molar-refractivity contribution in [2.75, 3.05) is 13.7 Å². The maximum atomic E-state index is 12.9. The van der Waals surface area contributed by atoms with E-state index in [2.05, 4.69) is 4.74 Å². The Morgan fingerprint density at radius 2 is 2.31 bits per heavy atom. The highest BCUT2D eigenvalue weighted by Gasteiger charge is 2.38. The molecule has 2 nitrogen and oxygen atoms in total. The lowest BCUT2D eigenvalue weighted by Gasteiger charge is -2.27. The van der Waals surface area contributed by atoms with Crippen LogP contribution in [0.15, 0.2) is 0 Å². The number of Topliss-reactive ketones (excluding diaryl/α,β-unsaturated/α-hetero) is 1. The number of ketones is 1. The number of carbonyl (C=O) groups excluding carboxylic acids is 1.